The Bertz CT molecular complexity index is 982. The molecule has 0 radical (unpaired) electrons. The second-order valence-electron chi connectivity index (χ2n) is 6.69. The van der Waals surface area contributed by atoms with E-state index >= 15 is 0 Å². The van der Waals surface area contributed by atoms with E-state index in [1.165, 1.54) is 25.3 Å². The van der Waals surface area contributed by atoms with E-state index < -0.39 is 10.0 Å². The molecular weight excluding hydrogens is 380 g/mol. The predicted molar refractivity (Wildman–Crippen MR) is 106 cm³/mol. The Hall–Kier alpha value is -2.58. The summed E-state index contributed by atoms with van der Waals surface area (Å²) in [6.45, 7) is 5.62. The second-order valence-corrected chi connectivity index (χ2v) is 8.37. The molecule has 0 atom stereocenters. The van der Waals surface area contributed by atoms with Gasteiger partial charge < -0.3 is 14.4 Å². The average molecular weight is 404 g/mol. The number of rotatable bonds is 5. The van der Waals surface area contributed by atoms with Crippen LogP contribution in [0.25, 0.3) is 0 Å². The van der Waals surface area contributed by atoms with Crippen molar-refractivity contribution in [3.05, 3.63) is 53.1 Å². The minimum atomic E-state index is -3.86. The number of anilines is 1. The highest BCUT2D eigenvalue weighted by Crippen LogP contribution is 2.26. The molecule has 0 aromatic heterocycles. The second kappa shape index (κ2) is 8.20. The molecule has 1 aliphatic rings. The average Bonchev–Trinajstić information content (AvgIpc) is 2.69. The molecule has 1 amide bonds. The van der Waals surface area contributed by atoms with Crippen molar-refractivity contribution in [1.29, 1.82) is 0 Å². The summed E-state index contributed by atoms with van der Waals surface area (Å²) < 4.78 is 38.9. The molecule has 2 aromatic carbocycles. The molecule has 0 saturated carbocycles. The van der Waals surface area contributed by atoms with Crippen LogP contribution in [0.1, 0.15) is 21.5 Å². The molecule has 28 heavy (non-hydrogen) atoms. The van der Waals surface area contributed by atoms with E-state index in [0.29, 0.717) is 37.7 Å². The Morgan fingerprint density at radius 2 is 1.82 bits per heavy atom. The van der Waals surface area contributed by atoms with Gasteiger partial charge in [0, 0.05) is 13.1 Å². The van der Waals surface area contributed by atoms with Crippen molar-refractivity contribution in [2.45, 2.75) is 18.7 Å². The van der Waals surface area contributed by atoms with Gasteiger partial charge in [-0.1, -0.05) is 17.7 Å². The maximum absolute atomic E-state index is 12.9. The first-order valence-corrected chi connectivity index (χ1v) is 10.5. The summed E-state index contributed by atoms with van der Waals surface area (Å²) in [5.74, 6) is 0.0608. The van der Waals surface area contributed by atoms with Gasteiger partial charge in [-0.15, -0.1) is 0 Å². The van der Waals surface area contributed by atoms with Crippen LogP contribution in [0.2, 0.25) is 0 Å². The summed E-state index contributed by atoms with van der Waals surface area (Å²) in [7, 11) is -2.41. The zero-order valence-electron chi connectivity index (χ0n) is 16.2. The summed E-state index contributed by atoms with van der Waals surface area (Å²) in [4.78, 5) is 14.5. The van der Waals surface area contributed by atoms with E-state index in [-0.39, 0.29) is 16.4 Å². The molecule has 1 N–H and O–H groups in total. The van der Waals surface area contributed by atoms with Crippen molar-refractivity contribution in [3.8, 4) is 5.75 Å². The Morgan fingerprint density at radius 1 is 1.11 bits per heavy atom. The third-order valence-electron chi connectivity index (χ3n) is 4.64. The molecule has 2 aromatic rings. The number of hydrogen-bond donors (Lipinski definition) is 1. The lowest BCUT2D eigenvalue weighted by Crippen LogP contribution is -2.40. The third-order valence-corrected chi connectivity index (χ3v) is 6.00. The highest BCUT2D eigenvalue weighted by Gasteiger charge is 2.25. The van der Waals surface area contributed by atoms with Gasteiger partial charge in [0.05, 0.1) is 36.5 Å². The van der Waals surface area contributed by atoms with Crippen molar-refractivity contribution < 1.29 is 22.7 Å². The SMILES string of the molecule is COc1ccc(S(=O)(=O)Nc2ccc(C)cc2C)cc1C(=O)N1CCOCC1. The van der Waals surface area contributed by atoms with Gasteiger partial charge in [-0.05, 0) is 43.7 Å². The molecule has 1 heterocycles. The van der Waals surface area contributed by atoms with Gasteiger partial charge >= 0.3 is 0 Å². The molecular formula is C20H24N2O5S. The van der Waals surface area contributed by atoms with Gasteiger partial charge in [-0.2, -0.15) is 0 Å². The van der Waals surface area contributed by atoms with Crippen LogP contribution >= 0.6 is 0 Å². The number of sulfonamides is 1. The molecule has 7 nitrogen and oxygen atoms in total. The van der Waals surface area contributed by atoms with E-state index in [9.17, 15) is 13.2 Å². The minimum absolute atomic E-state index is 0.00452. The third kappa shape index (κ3) is 4.28. The highest BCUT2D eigenvalue weighted by molar-refractivity contribution is 7.92. The fraction of sp³-hybridized carbons (Fsp3) is 0.350. The number of nitrogens with zero attached hydrogens (tertiary/aromatic N) is 1. The Kier molecular flexibility index (Phi) is 5.90. The zero-order valence-corrected chi connectivity index (χ0v) is 17.0. The summed E-state index contributed by atoms with van der Waals surface area (Å²) in [5, 5.41) is 0. The number of carbonyl (C=O) groups is 1. The Morgan fingerprint density at radius 3 is 2.46 bits per heavy atom. The summed E-state index contributed by atoms with van der Waals surface area (Å²) in [6.07, 6.45) is 0. The monoisotopic (exact) mass is 404 g/mol. The number of hydrogen-bond acceptors (Lipinski definition) is 5. The van der Waals surface area contributed by atoms with Crippen LogP contribution in [0, 0.1) is 13.8 Å². The van der Waals surface area contributed by atoms with Crippen LogP contribution < -0.4 is 9.46 Å². The Labute approximate surface area is 165 Å². The molecule has 150 valence electrons. The van der Waals surface area contributed by atoms with E-state index in [1.54, 1.807) is 11.0 Å². The van der Waals surface area contributed by atoms with E-state index in [4.69, 9.17) is 9.47 Å². The van der Waals surface area contributed by atoms with Gasteiger partial charge in [-0.25, -0.2) is 8.42 Å². The molecule has 1 aliphatic heterocycles. The van der Waals surface area contributed by atoms with Crippen LogP contribution in [-0.4, -0.2) is 52.6 Å². The van der Waals surface area contributed by atoms with Crippen molar-refractivity contribution in [2.24, 2.45) is 0 Å². The smallest absolute Gasteiger partial charge is 0.261 e. The number of methoxy groups -OCH3 is 1. The molecule has 0 spiro atoms. The largest absolute Gasteiger partial charge is 0.496 e. The van der Waals surface area contributed by atoms with Gasteiger partial charge in [-0.3, -0.25) is 9.52 Å². The molecule has 1 saturated heterocycles. The van der Waals surface area contributed by atoms with Crippen molar-refractivity contribution in [3.63, 3.8) is 0 Å². The summed E-state index contributed by atoms with van der Waals surface area (Å²) in [5.41, 5.74) is 2.58. The lowest BCUT2D eigenvalue weighted by molar-refractivity contribution is 0.0300. The normalized spacial score (nSPS) is 14.6. The maximum Gasteiger partial charge on any atom is 0.261 e. The molecule has 1 fully saturated rings. The molecule has 0 aliphatic carbocycles. The highest BCUT2D eigenvalue weighted by atomic mass is 32.2. The molecule has 0 bridgehead atoms. The van der Waals surface area contributed by atoms with Crippen molar-refractivity contribution >= 4 is 21.6 Å². The fourth-order valence-corrected chi connectivity index (χ4v) is 4.25. The standard InChI is InChI=1S/C20H24N2O5S/c1-14-4-6-18(15(2)12-14)21-28(24,25)16-5-7-19(26-3)17(13-16)20(23)22-8-10-27-11-9-22/h4-7,12-13,21H,8-11H2,1-3H3. The van der Waals surface area contributed by atoms with Crippen LogP contribution in [0.5, 0.6) is 5.75 Å². The number of morpholine rings is 1. The van der Waals surface area contributed by atoms with Gasteiger partial charge in [0.2, 0.25) is 0 Å². The Balaban J connectivity index is 1.94. The number of ether oxygens (including phenoxy) is 2. The first-order chi connectivity index (χ1) is 13.3. The fourth-order valence-electron chi connectivity index (χ4n) is 3.09. The van der Waals surface area contributed by atoms with Gasteiger partial charge in [0.25, 0.3) is 15.9 Å². The van der Waals surface area contributed by atoms with Crippen LogP contribution in [0.3, 0.4) is 0 Å². The summed E-state index contributed by atoms with van der Waals surface area (Å²) >= 11 is 0. The lowest BCUT2D eigenvalue weighted by Gasteiger charge is -2.27. The first kappa shape index (κ1) is 20.2. The van der Waals surface area contributed by atoms with Crippen LogP contribution in [0.15, 0.2) is 41.3 Å². The van der Waals surface area contributed by atoms with Crippen LogP contribution in [0.4, 0.5) is 5.69 Å². The van der Waals surface area contributed by atoms with E-state index in [1.807, 2.05) is 26.0 Å². The number of nitrogens with one attached hydrogen (secondary N) is 1. The predicted octanol–water partition coefficient (Wildman–Crippen LogP) is 2.59. The topological polar surface area (TPSA) is 84.9 Å². The molecule has 3 rings (SSSR count). The number of aryl methyl sites for hydroxylation is 2. The first-order valence-electron chi connectivity index (χ1n) is 8.97. The van der Waals surface area contributed by atoms with Gasteiger partial charge in [0.15, 0.2) is 0 Å². The quantitative estimate of drug-likeness (QED) is 0.828. The summed E-state index contributed by atoms with van der Waals surface area (Å²) in [6, 6.07) is 9.77. The van der Waals surface area contributed by atoms with Gasteiger partial charge in [0.1, 0.15) is 5.75 Å². The molecule has 8 heteroatoms. The van der Waals surface area contributed by atoms with Crippen molar-refractivity contribution in [1.82, 2.24) is 4.90 Å². The minimum Gasteiger partial charge on any atom is -0.496 e. The number of benzene rings is 2. The number of amides is 1. The zero-order chi connectivity index (χ0) is 20.3. The van der Waals surface area contributed by atoms with Crippen molar-refractivity contribution in [2.75, 3.05) is 38.1 Å². The van der Waals surface area contributed by atoms with Crippen LogP contribution in [-0.2, 0) is 14.8 Å². The molecule has 0 unspecified atom stereocenters. The number of carbonyl (C=O) groups excluding carboxylic acids is 1. The lowest BCUT2D eigenvalue weighted by atomic mass is 10.1. The van der Waals surface area contributed by atoms with E-state index in [2.05, 4.69) is 4.72 Å². The maximum atomic E-state index is 12.9. The van der Waals surface area contributed by atoms with E-state index in [0.717, 1.165) is 11.1 Å².